The lowest BCUT2D eigenvalue weighted by Gasteiger charge is -2.12. The van der Waals surface area contributed by atoms with E-state index in [-0.39, 0.29) is 0 Å². The van der Waals surface area contributed by atoms with Crippen LogP contribution < -0.4 is 5.32 Å². The third kappa shape index (κ3) is 3.23. The first-order chi connectivity index (χ1) is 8.99. The van der Waals surface area contributed by atoms with Gasteiger partial charge in [-0.3, -0.25) is 0 Å². The Balaban J connectivity index is 2.19. The van der Waals surface area contributed by atoms with Crippen molar-refractivity contribution in [1.29, 1.82) is 0 Å². The number of hydrogen-bond donors (Lipinski definition) is 2. The van der Waals surface area contributed by atoms with E-state index in [2.05, 4.69) is 21.2 Å². The highest BCUT2D eigenvalue weighted by Gasteiger charge is 2.07. The lowest BCUT2D eigenvalue weighted by Crippen LogP contribution is -2.01. The van der Waals surface area contributed by atoms with E-state index in [0.29, 0.717) is 12.3 Å². The summed E-state index contributed by atoms with van der Waals surface area (Å²) in [5.74, 6) is 0.337. The summed E-state index contributed by atoms with van der Waals surface area (Å²) in [6.45, 7) is 4.40. The Bertz CT molecular complexity index is 613. The molecule has 2 N–H and O–H groups in total. The summed E-state index contributed by atoms with van der Waals surface area (Å²) < 4.78 is 0.960. The number of rotatable bonds is 3. The average molecular weight is 341 g/mol. The van der Waals surface area contributed by atoms with Crippen molar-refractivity contribution in [3.05, 3.63) is 56.5 Å². The summed E-state index contributed by atoms with van der Waals surface area (Å²) in [4.78, 5) is 0. The van der Waals surface area contributed by atoms with Gasteiger partial charge in [-0.1, -0.05) is 29.8 Å². The van der Waals surface area contributed by atoms with Gasteiger partial charge in [-0.2, -0.15) is 0 Å². The number of anilines is 1. The molecule has 0 saturated carbocycles. The number of aromatic hydroxyl groups is 1. The van der Waals surface area contributed by atoms with Gasteiger partial charge in [0, 0.05) is 21.6 Å². The van der Waals surface area contributed by atoms with E-state index >= 15 is 0 Å². The maximum Gasteiger partial charge on any atom is 0.123 e. The van der Waals surface area contributed by atoms with Gasteiger partial charge in [0.15, 0.2) is 0 Å². The van der Waals surface area contributed by atoms with Crippen LogP contribution in [0.4, 0.5) is 5.69 Å². The zero-order chi connectivity index (χ0) is 14.0. The first-order valence-corrected chi connectivity index (χ1v) is 7.13. The Hall–Kier alpha value is -1.19. The predicted molar refractivity (Wildman–Crippen MR) is 84.1 cm³/mol. The van der Waals surface area contributed by atoms with Crippen LogP contribution in [0.25, 0.3) is 0 Å². The van der Waals surface area contributed by atoms with Crippen molar-refractivity contribution < 1.29 is 5.11 Å². The van der Waals surface area contributed by atoms with Crippen LogP contribution in [0.1, 0.15) is 16.7 Å². The Morgan fingerprint density at radius 3 is 2.68 bits per heavy atom. The molecule has 0 bridgehead atoms. The van der Waals surface area contributed by atoms with Gasteiger partial charge in [-0.15, -0.1) is 0 Å². The minimum Gasteiger partial charge on any atom is -0.507 e. The van der Waals surface area contributed by atoms with E-state index in [1.807, 2.05) is 44.2 Å². The molecule has 2 aromatic carbocycles. The van der Waals surface area contributed by atoms with Gasteiger partial charge in [0.25, 0.3) is 0 Å². The summed E-state index contributed by atoms with van der Waals surface area (Å²) in [5.41, 5.74) is 3.68. The minimum atomic E-state index is 0.337. The van der Waals surface area contributed by atoms with E-state index in [4.69, 9.17) is 11.6 Å². The number of hydrogen-bond acceptors (Lipinski definition) is 2. The van der Waals surface area contributed by atoms with E-state index in [1.165, 1.54) is 0 Å². The lowest BCUT2D eigenvalue weighted by atomic mass is 10.1. The highest BCUT2D eigenvalue weighted by molar-refractivity contribution is 9.10. The molecule has 2 rings (SSSR count). The van der Waals surface area contributed by atoms with Crippen LogP contribution in [0.15, 0.2) is 34.8 Å². The Morgan fingerprint density at radius 1 is 1.21 bits per heavy atom. The molecule has 0 aromatic heterocycles. The number of benzene rings is 2. The second kappa shape index (κ2) is 5.85. The highest BCUT2D eigenvalue weighted by Crippen LogP contribution is 2.30. The lowest BCUT2D eigenvalue weighted by molar-refractivity contribution is 0.465. The van der Waals surface area contributed by atoms with Gasteiger partial charge in [-0.05, 0) is 53.0 Å². The van der Waals surface area contributed by atoms with Gasteiger partial charge >= 0.3 is 0 Å². The van der Waals surface area contributed by atoms with Crippen LogP contribution in [0, 0.1) is 13.8 Å². The van der Waals surface area contributed by atoms with Crippen molar-refractivity contribution in [2.24, 2.45) is 0 Å². The van der Waals surface area contributed by atoms with Gasteiger partial charge in [0.2, 0.25) is 0 Å². The molecular formula is C15H15BrClNO. The van der Waals surface area contributed by atoms with Gasteiger partial charge in [0.05, 0.1) is 5.69 Å². The summed E-state index contributed by atoms with van der Waals surface area (Å²) >= 11 is 9.62. The molecule has 0 heterocycles. The molecule has 2 aromatic rings. The molecule has 0 aliphatic carbocycles. The predicted octanol–water partition coefficient (Wildman–Crippen LogP) is 5.04. The van der Waals surface area contributed by atoms with Gasteiger partial charge in [-0.25, -0.2) is 0 Å². The third-order valence-electron chi connectivity index (χ3n) is 3.04. The molecule has 2 nitrogen and oxygen atoms in total. The second-order valence-corrected chi connectivity index (χ2v) is 5.78. The van der Waals surface area contributed by atoms with Crippen LogP contribution in [0.2, 0.25) is 5.02 Å². The maximum atomic E-state index is 9.97. The first-order valence-electron chi connectivity index (χ1n) is 5.96. The second-order valence-electron chi connectivity index (χ2n) is 4.52. The van der Waals surface area contributed by atoms with Crippen LogP contribution in [-0.2, 0) is 6.54 Å². The van der Waals surface area contributed by atoms with Crippen LogP contribution in [-0.4, -0.2) is 5.11 Å². The number of phenols is 1. The zero-order valence-electron chi connectivity index (χ0n) is 10.8. The van der Waals surface area contributed by atoms with E-state index in [1.54, 1.807) is 0 Å². The number of aryl methyl sites for hydroxylation is 2. The zero-order valence-corrected chi connectivity index (χ0v) is 13.1. The molecule has 0 saturated heterocycles. The van der Waals surface area contributed by atoms with Gasteiger partial charge in [0.1, 0.15) is 5.75 Å². The molecule has 19 heavy (non-hydrogen) atoms. The van der Waals surface area contributed by atoms with Crippen LogP contribution in [0.3, 0.4) is 0 Å². The van der Waals surface area contributed by atoms with Crippen molar-refractivity contribution in [3.8, 4) is 5.75 Å². The molecular weight excluding hydrogens is 326 g/mol. The van der Waals surface area contributed by atoms with Gasteiger partial charge < -0.3 is 10.4 Å². The SMILES string of the molecule is Cc1cc(Br)c(NCc2cccc(C)c2O)cc1Cl. The quantitative estimate of drug-likeness (QED) is 0.820. The molecule has 0 spiro atoms. The van der Waals surface area contributed by atoms with E-state index in [9.17, 15) is 5.11 Å². The fourth-order valence-electron chi connectivity index (χ4n) is 1.83. The maximum absolute atomic E-state index is 9.97. The minimum absolute atomic E-state index is 0.337. The van der Waals surface area contributed by atoms with Crippen molar-refractivity contribution in [1.82, 2.24) is 0 Å². The molecule has 0 unspecified atom stereocenters. The Labute approximate surface area is 126 Å². The number of phenolic OH excluding ortho intramolecular Hbond substituents is 1. The Morgan fingerprint density at radius 2 is 1.95 bits per heavy atom. The third-order valence-corrected chi connectivity index (χ3v) is 4.10. The van der Waals surface area contributed by atoms with Crippen LogP contribution in [0.5, 0.6) is 5.75 Å². The summed E-state index contributed by atoms with van der Waals surface area (Å²) in [6, 6.07) is 9.58. The van der Waals surface area contributed by atoms with Crippen molar-refractivity contribution >= 4 is 33.2 Å². The summed E-state index contributed by atoms with van der Waals surface area (Å²) in [7, 11) is 0. The van der Waals surface area contributed by atoms with Crippen molar-refractivity contribution in [2.75, 3.05) is 5.32 Å². The summed E-state index contributed by atoms with van der Waals surface area (Å²) in [6.07, 6.45) is 0. The monoisotopic (exact) mass is 339 g/mol. The highest BCUT2D eigenvalue weighted by atomic mass is 79.9. The normalized spacial score (nSPS) is 10.5. The fraction of sp³-hybridized carbons (Fsp3) is 0.200. The van der Waals surface area contributed by atoms with Crippen molar-refractivity contribution in [2.45, 2.75) is 20.4 Å². The van der Waals surface area contributed by atoms with Crippen LogP contribution >= 0.6 is 27.5 Å². The number of para-hydroxylation sites is 1. The van der Waals surface area contributed by atoms with Crippen molar-refractivity contribution in [3.63, 3.8) is 0 Å². The molecule has 0 atom stereocenters. The molecule has 0 radical (unpaired) electrons. The molecule has 0 aliphatic heterocycles. The molecule has 4 heteroatoms. The van der Waals surface area contributed by atoms with E-state index < -0.39 is 0 Å². The molecule has 0 amide bonds. The van der Waals surface area contributed by atoms with E-state index in [0.717, 1.165) is 31.9 Å². The number of halogens is 2. The molecule has 0 aliphatic rings. The molecule has 100 valence electrons. The smallest absolute Gasteiger partial charge is 0.123 e. The summed E-state index contributed by atoms with van der Waals surface area (Å²) in [5, 5.41) is 14.0. The topological polar surface area (TPSA) is 32.3 Å². The number of nitrogens with one attached hydrogen (secondary N) is 1. The first kappa shape index (κ1) is 14.2. The standard InChI is InChI=1S/C15H15BrClNO/c1-9-4-3-5-11(15(9)19)8-18-14-7-13(17)10(2)6-12(14)16/h3-7,18-19H,8H2,1-2H3. The fourth-order valence-corrected chi connectivity index (χ4v) is 2.60. The molecule has 0 fully saturated rings. The average Bonchev–Trinajstić information content (AvgIpc) is 2.37. The Kier molecular flexibility index (Phi) is 4.38. The largest absolute Gasteiger partial charge is 0.507 e.